The molecule has 0 aliphatic heterocycles. The van der Waals surface area contributed by atoms with Gasteiger partial charge in [-0.3, -0.25) is 0 Å². The maximum Gasteiger partial charge on any atom is 0.337 e. The highest BCUT2D eigenvalue weighted by atomic mass is 16.5. The van der Waals surface area contributed by atoms with Crippen LogP contribution in [-0.4, -0.2) is 36.3 Å². The van der Waals surface area contributed by atoms with Crippen molar-refractivity contribution in [3.63, 3.8) is 0 Å². The molecule has 0 bridgehead atoms. The highest BCUT2D eigenvalue weighted by Gasteiger charge is 2.11. The number of carboxylic acids is 1. The van der Waals surface area contributed by atoms with Crippen LogP contribution in [0.4, 0.5) is 11.5 Å². The van der Waals surface area contributed by atoms with E-state index in [4.69, 9.17) is 15.6 Å². The first-order valence-electron chi connectivity index (χ1n) is 4.87. The van der Waals surface area contributed by atoms with E-state index in [0.29, 0.717) is 19.0 Å². The van der Waals surface area contributed by atoms with Gasteiger partial charge in [-0.15, -0.1) is 0 Å². The van der Waals surface area contributed by atoms with Gasteiger partial charge in [0.25, 0.3) is 0 Å². The molecule has 1 heterocycles. The lowest BCUT2D eigenvalue weighted by atomic mass is 10.2. The average molecular weight is 225 g/mol. The van der Waals surface area contributed by atoms with E-state index in [2.05, 4.69) is 10.3 Å². The van der Waals surface area contributed by atoms with Crippen LogP contribution in [0.5, 0.6) is 0 Å². The monoisotopic (exact) mass is 225 g/mol. The lowest BCUT2D eigenvalue weighted by Gasteiger charge is -2.09. The molecule has 0 aliphatic carbocycles. The summed E-state index contributed by atoms with van der Waals surface area (Å²) in [7, 11) is 1.62. The molecule has 88 valence electrons. The van der Waals surface area contributed by atoms with Crippen molar-refractivity contribution in [3.8, 4) is 0 Å². The minimum atomic E-state index is -1.06. The predicted molar refractivity (Wildman–Crippen MR) is 60.6 cm³/mol. The minimum Gasteiger partial charge on any atom is -0.478 e. The summed E-state index contributed by atoms with van der Waals surface area (Å²) in [5.41, 5.74) is 5.88. The van der Waals surface area contributed by atoms with Crippen LogP contribution in [0.25, 0.3) is 0 Å². The zero-order valence-electron chi connectivity index (χ0n) is 9.06. The number of rotatable bonds is 6. The number of carbonyl (C=O) groups is 1. The summed E-state index contributed by atoms with van der Waals surface area (Å²) < 4.78 is 4.89. The second kappa shape index (κ2) is 5.92. The van der Waals surface area contributed by atoms with Crippen molar-refractivity contribution in [1.82, 2.24) is 4.98 Å². The zero-order valence-corrected chi connectivity index (χ0v) is 9.06. The van der Waals surface area contributed by atoms with Crippen LogP contribution in [0, 0.1) is 0 Å². The van der Waals surface area contributed by atoms with Gasteiger partial charge in [0.05, 0.1) is 11.3 Å². The minimum absolute atomic E-state index is 0.0595. The third kappa shape index (κ3) is 3.09. The number of aromatic nitrogens is 1. The number of hydrogen-bond acceptors (Lipinski definition) is 5. The molecule has 0 saturated heterocycles. The lowest BCUT2D eigenvalue weighted by molar-refractivity contribution is 0.0698. The Balaban J connectivity index is 2.66. The fraction of sp³-hybridized carbons (Fsp3) is 0.400. The number of anilines is 2. The summed E-state index contributed by atoms with van der Waals surface area (Å²) >= 11 is 0. The molecule has 1 aromatic rings. The van der Waals surface area contributed by atoms with Crippen LogP contribution in [0.15, 0.2) is 12.3 Å². The number of methoxy groups -OCH3 is 1. The van der Waals surface area contributed by atoms with Gasteiger partial charge in [0.1, 0.15) is 5.82 Å². The normalized spacial score (nSPS) is 10.1. The third-order valence-corrected chi connectivity index (χ3v) is 2.04. The third-order valence-electron chi connectivity index (χ3n) is 2.04. The molecule has 0 aromatic carbocycles. The lowest BCUT2D eigenvalue weighted by Crippen LogP contribution is -2.11. The van der Waals surface area contributed by atoms with Gasteiger partial charge in [-0.25, -0.2) is 9.78 Å². The Hall–Kier alpha value is -1.82. The quantitative estimate of drug-likeness (QED) is 0.620. The van der Waals surface area contributed by atoms with E-state index in [1.165, 1.54) is 12.3 Å². The molecule has 0 amide bonds. The number of ether oxygens (including phenoxy) is 1. The first-order chi connectivity index (χ1) is 7.66. The Morgan fingerprint density at radius 1 is 1.69 bits per heavy atom. The number of nitrogen functional groups attached to an aromatic ring is 1. The second-order valence-electron chi connectivity index (χ2n) is 3.20. The van der Waals surface area contributed by atoms with E-state index in [-0.39, 0.29) is 11.3 Å². The van der Waals surface area contributed by atoms with Crippen LogP contribution < -0.4 is 11.1 Å². The molecule has 0 atom stereocenters. The number of aromatic carboxylic acids is 1. The average Bonchev–Trinajstić information content (AvgIpc) is 2.26. The summed E-state index contributed by atoms with van der Waals surface area (Å²) in [5.74, 6) is -0.657. The highest BCUT2D eigenvalue weighted by Crippen LogP contribution is 2.19. The van der Waals surface area contributed by atoms with Gasteiger partial charge in [0, 0.05) is 26.5 Å². The molecule has 1 rings (SSSR count). The van der Waals surface area contributed by atoms with Crippen molar-refractivity contribution in [1.29, 1.82) is 0 Å². The van der Waals surface area contributed by atoms with E-state index in [9.17, 15) is 4.79 Å². The predicted octanol–water partition coefficient (Wildman–Crippen LogP) is 0.810. The summed E-state index contributed by atoms with van der Waals surface area (Å²) in [4.78, 5) is 14.8. The summed E-state index contributed by atoms with van der Waals surface area (Å²) in [6, 6.07) is 1.37. The standard InChI is InChI=1S/C10H15N3O3/c1-16-6-2-4-12-9-8(11)7(10(14)15)3-5-13-9/h3,5H,2,4,6,11H2,1H3,(H,12,13)(H,14,15). The van der Waals surface area contributed by atoms with Crippen molar-refractivity contribution in [2.24, 2.45) is 0 Å². The van der Waals surface area contributed by atoms with E-state index in [0.717, 1.165) is 6.42 Å². The van der Waals surface area contributed by atoms with Gasteiger partial charge in [0.2, 0.25) is 0 Å². The molecular weight excluding hydrogens is 210 g/mol. The Labute approximate surface area is 93.4 Å². The maximum absolute atomic E-state index is 10.8. The van der Waals surface area contributed by atoms with Crippen molar-refractivity contribution in [3.05, 3.63) is 17.8 Å². The SMILES string of the molecule is COCCCNc1nccc(C(=O)O)c1N. The number of pyridine rings is 1. The van der Waals surface area contributed by atoms with Crippen molar-refractivity contribution in [2.75, 3.05) is 31.3 Å². The molecule has 16 heavy (non-hydrogen) atoms. The fourth-order valence-electron chi connectivity index (χ4n) is 1.22. The molecule has 0 spiro atoms. The van der Waals surface area contributed by atoms with Crippen molar-refractivity contribution < 1.29 is 14.6 Å². The van der Waals surface area contributed by atoms with Crippen LogP contribution in [0.3, 0.4) is 0 Å². The smallest absolute Gasteiger partial charge is 0.337 e. The van der Waals surface area contributed by atoms with Gasteiger partial charge in [-0.1, -0.05) is 0 Å². The van der Waals surface area contributed by atoms with Crippen molar-refractivity contribution >= 4 is 17.5 Å². The fourth-order valence-corrected chi connectivity index (χ4v) is 1.22. The summed E-state index contributed by atoms with van der Waals surface area (Å²) in [5, 5.41) is 11.8. The maximum atomic E-state index is 10.8. The molecule has 0 aliphatic rings. The number of hydrogen-bond donors (Lipinski definition) is 3. The van der Waals surface area contributed by atoms with Gasteiger partial charge in [-0.2, -0.15) is 0 Å². The van der Waals surface area contributed by atoms with Crippen LogP contribution in [0.2, 0.25) is 0 Å². The Morgan fingerprint density at radius 3 is 3.06 bits per heavy atom. The van der Waals surface area contributed by atoms with Crippen LogP contribution in [-0.2, 0) is 4.74 Å². The number of carboxylic acid groups (broad SMARTS) is 1. The number of nitrogens with zero attached hydrogens (tertiary/aromatic N) is 1. The Bertz CT molecular complexity index is 368. The summed E-state index contributed by atoms with van der Waals surface area (Å²) in [6.07, 6.45) is 2.22. The van der Waals surface area contributed by atoms with Gasteiger partial charge in [0.15, 0.2) is 0 Å². The molecule has 0 unspecified atom stereocenters. The van der Waals surface area contributed by atoms with Gasteiger partial charge >= 0.3 is 5.97 Å². The van der Waals surface area contributed by atoms with E-state index >= 15 is 0 Å². The number of nitrogens with one attached hydrogen (secondary N) is 1. The van der Waals surface area contributed by atoms with Crippen LogP contribution >= 0.6 is 0 Å². The van der Waals surface area contributed by atoms with E-state index in [1.807, 2.05) is 0 Å². The molecular formula is C10H15N3O3. The first kappa shape index (κ1) is 12.3. The largest absolute Gasteiger partial charge is 0.478 e. The first-order valence-corrected chi connectivity index (χ1v) is 4.87. The molecule has 0 saturated carbocycles. The molecule has 1 aromatic heterocycles. The molecule has 6 heteroatoms. The number of nitrogens with two attached hydrogens (primary N) is 1. The molecule has 0 fully saturated rings. The molecule has 6 nitrogen and oxygen atoms in total. The van der Waals surface area contributed by atoms with Crippen molar-refractivity contribution in [2.45, 2.75) is 6.42 Å². The van der Waals surface area contributed by atoms with E-state index in [1.54, 1.807) is 7.11 Å². The van der Waals surface area contributed by atoms with Gasteiger partial charge in [-0.05, 0) is 12.5 Å². The topological polar surface area (TPSA) is 97.5 Å². The van der Waals surface area contributed by atoms with E-state index < -0.39 is 5.97 Å². The Kier molecular flexibility index (Phi) is 4.53. The summed E-state index contributed by atoms with van der Waals surface area (Å²) in [6.45, 7) is 1.26. The highest BCUT2D eigenvalue weighted by molar-refractivity contribution is 5.96. The van der Waals surface area contributed by atoms with Gasteiger partial charge < -0.3 is 20.9 Å². The molecule has 4 N–H and O–H groups in total. The molecule has 0 radical (unpaired) electrons. The van der Waals surface area contributed by atoms with Crippen LogP contribution in [0.1, 0.15) is 16.8 Å². The second-order valence-corrected chi connectivity index (χ2v) is 3.20. The zero-order chi connectivity index (χ0) is 12.0. The Morgan fingerprint density at radius 2 is 2.44 bits per heavy atom.